The monoisotopic (exact) mass is 461 g/mol. The van der Waals surface area contributed by atoms with E-state index in [9.17, 15) is 9.59 Å². The van der Waals surface area contributed by atoms with Gasteiger partial charge in [-0.05, 0) is 34.9 Å². The van der Waals surface area contributed by atoms with E-state index >= 15 is 0 Å². The van der Waals surface area contributed by atoms with E-state index in [0.29, 0.717) is 16.1 Å². The molecule has 0 bridgehead atoms. The van der Waals surface area contributed by atoms with Gasteiger partial charge in [0.2, 0.25) is 5.91 Å². The predicted octanol–water partition coefficient (Wildman–Crippen LogP) is 7.73. The highest BCUT2D eigenvalue weighted by Crippen LogP contribution is 2.47. The average Bonchev–Trinajstić information content (AvgIpc) is 3.22. The van der Waals surface area contributed by atoms with E-state index in [1.807, 2.05) is 104 Å². The molecular weight excluding hydrogens is 438 g/mol. The van der Waals surface area contributed by atoms with Crippen molar-refractivity contribution in [2.75, 3.05) is 5.32 Å². The summed E-state index contributed by atoms with van der Waals surface area (Å²) < 4.78 is 0. The Morgan fingerprint density at radius 1 is 0.735 bits per heavy atom. The lowest BCUT2D eigenvalue weighted by Gasteiger charge is -2.11. The molecule has 1 aromatic heterocycles. The fourth-order valence-corrected chi connectivity index (χ4v) is 5.43. The summed E-state index contributed by atoms with van der Waals surface area (Å²) in [6.45, 7) is 3.51. The largest absolute Gasteiger partial charge is 0.317 e. The molecule has 0 aliphatic carbocycles. The maximum atomic E-state index is 14.1. The van der Waals surface area contributed by atoms with Crippen LogP contribution in [0.2, 0.25) is 0 Å². The molecular formula is C30H23NO2S. The van der Waals surface area contributed by atoms with E-state index in [1.165, 1.54) is 18.3 Å². The summed E-state index contributed by atoms with van der Waals surface area (Å²) >= 11 is 1.44. The Morgan fingerprint density at radius 3 is 2.12 bits per heavy atom. The highest BCUT2D eigenvalue weighted by atomic mass is 32.1. The van der Waals surface area contributed by atoms with Gasteiger partial charge < -0.3 is 5.32 Å². The van der Waals surface area contributed by atoms with Crippen LogP contribution in [-0.2, 0) is 4.79 Å². The quantitative estimate of drug-likeness (QED) is 0.272. The minimum atomic E-state index is -0.205. The van der Waals surface area contributed by atoms with E-state index < -0.39 is 0 Å². The zero-order chi connectivity index (χ0) is 23.7. The molecule has 0 saturated carbocycles. The second-order valence-electron chi connectivity index (χ2n) is 8.31. The summed E-state index contributed by atoms with van der Waals surface area (Å²) in [5.41, 5.74) is 5.06. The Hall–Kier alpha value is -4.02. The molecule has 4 aromatic carbocycles. The second-order valence-corrected chi connectivity index (χ2v) is 9.34. The molecule has 1 heterocycles. The number of thiophene rings is 1. The number of aryl methyl sites for hydroxylation is 1. The Morgan fingerprint density at radius 2 is 1.41 bits per heavy atom. The number of fused-ring (bicyclic) bond motifs is 1. The highest BCUT2D eigenvalue weighted by Gasteiger charge is 2.27. The minimum absolute atomic E-state index is 0.108. The number of hydrogen-bond acceptors (Lipinski definition) is 3. The Labute approximate surface area is 202 Å². The third-order valence-electron chi connectivity index (χ3n) is 5.81. The molecule has 0 radical (unpaired) electrons. The topological polar surface area (TPSA) is 46.2 Å². The number of carbonyl (C=O) groups is 2. The van der Waals surface area contributed by atoms with Gasteiger partial charge in [-0.15, -0.1) is 11.3 Å². The summed E-state index contributed by atoms with van der Waals surface area (Å²) in [4.78, 5) is 27.1. The van der Waals surface area contributed by atoms with Gasteiger partial charge in [0.25, 0.3) is 0 Å². The van der Waals surface area contributed by atoms with Gasteiger partial charge in [-0.25, -0.2) is 0 Å². The summed E-state index contributed by atoms with van der Waals surface area (Å²) in [6.07, 6.45) is 0. The number of hydrogen-bond donors (Lipinski definition) is 1. The summed E-state index contributed by atoms with van der Waals surface area (Å²) in [6, 6.07) is 31.9. The summed E-state index contributed by atoms with van der Waals surface area (Å²) in [5, 5.41) is 5.58. The zero-order valence-electron chi connectivity index (χ0n) is 19.0. The second kappa shape index (κ2) is 9.08. The maximum absolute atomic E-state index is 14.1. The van der Waals surface area contributed by atoms with Crippen LogP contribution in [0.1, 0.15) is 28.4 Å². The number of anilines is 1. The van der Waals surface area contributed by atoms with E-state index in [-0.39, 0.29) is 11.7 Å². The van der Waals surface area contributed by atoms with Gasteiger partial charge in [-0.3, -0.25) is 9.59 Å². The van der Waals surface area contributed by atoms with E-state index in [0.717, 1.165) is 37.9 Å². The van der Waals surface area contributed by atoms with Crippen molar-refractivity contribution in [2.45, 2.75) is 13.8 Å². The number of ketones is 1. The molecule has 0 atom stereocenters. The number of carbonyl (C=O) groups excluding carboxylic acids is 2. The van der Waals surface area contributed by atoms with Crippen LogP contribution in [0, 0.1) is 6.92 Å². The Bertz CT molecular complexity index is 1520. The minimum Gasteiger partial charge on any atom is -0.317 e. The van der Waals surface area contributed by atoms with Crippen molar-refractivity contribution in [2.24, 2.45) is 0 Å². The number of amides is 1. The standard InChI is InChI=1S/C30H23NO2S/c1-19-12-14-22(15-13-19)26-27(28(33)25-17-16-21-8-6-7-11-24(21)18-25)30(31-20(2)32)34-29(26)23-9-4-3-5-10-23/h3-18H,1-2H3,(H,31,32). The van der Waals surface area contributed by atoms with Crippen molar-refractivity contribution >= 4 is 38.8 Å². The van der Waals surface area contributed by atoms with Crippen LogP contribution in [0.15, 0.2) is 97.1 Å². The number of rotatable bonds is 5. The molecule has 1 N–H and O–H groups in total. The third kappa shape index (κ3) is 4.16. The van der Waals surface area contributed by atoms with E-state index in [4.69, 9.17) is 0 Å². The molecule has 166 valence electrons. The van der Waals surface area contributed by atoms with Gasteiger partial charge in [0.1, 0.15) is 5.00 Å². The smallest absolute Gasteiger partial charge is 0.221 e. The fraction of sp³-hybridized carbons (Fsp3) is 0.0667. The first kappa shape index (κ1) is 21.8. The summed E-state index contributed by atoms with van der Waals surface area (Å²) in [7, 11) is 0. The van der Waals surface area contributed by atoms with E-state index in [1.54, 1.807) is 0 Å². The predicted molar refractivity (Wildman–Crippen MR) is 142 cm³/mol. The molecule has 0 saturated heterocycles. The van der Waals surface area contributed by atoms with Crippen LogP contribution in [0.3, 0.4) is 0 Å². The van der Waals surface area contributed by atoms with Crippen molar-refractivity contribution in [1.82, 2.24) is 0 Å². The van der Waals surface area contributed by atoms with Gasteiger partial charge in [0.05, 0.1) is 5.56 Å². The zero-order valence-corrected chi connectivity index (χ0v) is 19.8. The first-order chi connectivity index (χ1) is 16.5. The lowest BCUT2D eigenvalue weighted by atomic mass is 9.92. The SMILES string of the molecule is CC(=O)Nc1sc(-c2ccccc2)c(-c2ccc(C)cc2)c1C(=O)c1ccc2ccccc2c1. The third-order valence-corrected chi connectivity index (χ3v) is 6.97. The average molecular weight is 462 g/mol. The number of nitrogens with one attached hydrogen (secondary N) is 1. The Kier molecular flexibility index (Phi) is 5.83. The Balaban J connectivity index is 1.78. The molecule has 0 unspecified atom stereocenters. The normalized spacial score (nSPS) is 10.9. The van der Waals surface area contributed by atoms with Gasteiger partial charge in [0.15, 0.2) is 5.78 Å². The van der Waals surface area contributed by atoms with Crippen molar-refractivity contribution in [3.05, 3.63) is 114 Å². The first-order valence-corrected chi connectivity index (χ1v) is 11.9. The first-order valence-electron chi connectivity index (χ1n) is 11.1. The highest BCUT2D eigenvalue weighted by molar-refractivity contribution is 7.20. The molecule has 0 aliphatic heterocycles. The van der Waals surface area contributed by atoms with Crippen LogP contribution in [0.25, 0.3) is 32.3 Å². The van der Waals surface area contributed by atoms with Crippen LogP contribution in [0.4, 0.5) is 5.00 Å². The molecule has 1 amide bonds. The van der Waals surface area contributed by atoms with Crippen LogP contribution in [0.5, 0.6) is 0 Å². The molecule has 3 nitrogen and oxygen atoms in total. The fourth-order valence-electron chi connectivity index (χ4n) is 4.16. The lowest BCUT2D eigenvalue weighted by Crippen LogP contribution is -2.10. The lowest BCUT2D eigenvalue weighted by molar-refractivity contribution is -0.114. The molecule has 0 fully saturated rings. The summed E-state index contributed by atoms with van der Waals surface area (Å²) in [5.74, 6) is -0.313. The van der Waals surface area contributed by atoms with Gasteiger partial charge in [-0.2, -0.15) is 0 Å². The van der Waals surface area contributed by atoms with Crippen molar-refractivity contribution in [3.63, 3.8) is 0 Å². The molecule has 4 heteroatoms. The molecule has 5 rings (SSSR count). The van der Waals surface area contributed by atoms with Crippen LogP contribution in [-0.4, -0.2) is 11.7 Å². The van der Waals surface area contributed by atoms with E-state index in [2.05, 4.69) is 5.32 Å². The van der Waals surface area contributed by atoms with Crippen LogP contribution >= 0.6 is 11.3 Å². The van der Waals surface area contributed by atoms with Crippen LogP contribution < -0.4 is 5.32 Å². The molecule has 5 aromatic rings. The molecule has 0 spiro atoms. The van der Waals surface area contributed by atoms with Gasteiger partial charge >= 0.3 is 0 Å². The van der Waals surface area contributed by atoms with Crippen molar-refractivity contribution in [1.29, 1.82) is 0 Å². The van der Waals surface area contributed by atoms with Crippen molar-refractivity contribution in [3.8, 4) is 21.6 Å². The maximum Gasteiger partial charge on any atom is 0.221 e. The van der Waals surface area contributed by atoms with Crippen molar-refractivity contribution < 1.29 is 9.59 Å². The number of benzene rings is 4. The van der Waals surface area contributed by atoms with Gasteiger partial charge in [-0.1, -0.05) is 96.6 Å². The van der Waals surface area contributed by atoms with Gasteiger partial charge in [0, 0.05) is 22.9 Å². The molecule has 0 aliphatic rings. The molecule has 34 heavy (non-hydrogen) atoms.